The van der Waals surface area contributed by atoms with Gasteiger partial charge in [-0.15, -0.1) is 0 Å². The molecule has 1 N–H and O–H groups in total. The van der Waals surface area contributed by atoms with E-state index < -0.39 is 29.5 Å². The Hall–Kier alpha value is -4.61. The fourth-order valence-corrected chi connectivity index (χ4v) is 3.55. The van der Waals surface area contributed by atoms with E-state index in [0.717, 1.165) is 22.9 Å². The maximum absolute atomic E-state index is 13.6. The first-order valence-corrected chi connectivity index (χ1v) is 11.2. The lowest BCUT2D eigenvalue weighted by atomic mass is 10.0. The molecule has 2 aromatic carbocycles. The number of nitrogens with one attached hydrogen (secondary N) is 1. The van der Waals surface area contributed by atoms with E-state index in [0.29, 0.717) is 22.8 Å². The summed E-state index contributed by atoms with van der Waals surface area (Å²) >= 11 is 0. The van der Waals surface area contributed by atoms with Gasteiger partial charge in [0.2, 0.25) is 5.95 Å². The number of hydrogen-bond donors (Lipinski definition) is 1. The third-order valence-corrected chi connectivity index (χ3v) is 5.16. The average Bonchev–Trinajstić information content (AvgIpc) is 3.24. The standard InChI is InChI=1S/C26H20F5N5O2/c1-3-38-23(37)8-7-16-5-4-6-17(10-16)21-14-32-25(33-20-12-18(27)11-19(28)13-20)34-24(21)36-15(2)9-22(35-36)26(29,30)31/h4-14H,3H2,1-2H3,(H,32,33,34). The molecule has 0 aliphatic rings. The van der Waals surface area contributed by atoms with Gasteiger partial charge in [0.05, 0.1) is 6.61 Å². The van der Waals surface area contributed by atoms with Crippen molar-refractivity contribution in [2.24, 2.45) is 0 Å². The first-order chi connectivity index (χ1) is 18.0. The molecule has 2 heterocycles. The van der Waals surface area contributed by atoms with Crippen molar-refractivity contribution in [3.63, 3.8) is 0 Å². The second-order valence-corrected chi connectivity index (χ2v) is 8.01. The highest BCUT2D eigenvalue weighted by atomic mass is 19.4. The Bertz CT molecular complexity index is 1490. The topological polar surface area (TPSA) is 81.9 Å². The van der Waals surface area contributed by atoms with Crippen molar-refractivity contribution in [3.05, 3.63) is 89.4 Å². The third-order valence-electron chi connectivity index (χ3n) is 5.16. The quantitative estimate of drug-likeness (QED) is 0.173. The molecule has 0 amide bonds. The molecule has 4 rings (SSSR count). The van der Waals surface area contributed by atoms with Crippen molar-refractivity contribution in [1.29, 1.82) is 0 Å². The number of carbonyl (C=O) groups is 1. The molecule has 0 unspecified atom stereocenters. The molecule has 0 aliphatic carbocycles. The van der Waals surface area contributed by atoms with E-state index in [2.05, 4.69) is 20.4 Å². The lowest BCUT2D eigenvalue weighted by molar-refractivity contribution is -0.141. The van der Waals surface area contributed by atoms with E-state index in [4.69, 9.17) is 4.74 Å². The monoisotopic (exact) mass is 529 g/mol. The second kappa shape index (κ2) is 10.8. The second-order valence-electron chi connectivity index (χ2n) is 8.01. The van der Waals surface area contributed by atoms with Crippen LogP contribution in [0, 0.1) is 18.6 Å². The van der Waals surface area contributed by atoms with Gasteiger partial charge in [0, 0.05) is 35.3 Å². The average molecular weight is 529 g/mol. The van der Waals surface area contributed by atoms with Gasteiger partial charge >= 0.3 is 12.1 Å². The van der Waals surface area contributed by atoms with Crippen molar-refractivity contribution < 1.29 is 31.5 Å². The van der Waals surface area contributed by atoms with Gasteiger partial charge in [0.25, 0.3) is 0 Å². The normalized spacial score (nSPS) is 11.7. The number of carbonyl (C=O) groups excluding carboxylic acids is 1. The zero-order valence-corrected chi connectivity index (χ0v) is 20.1. The van der Waals surface area contributed by atoms with E-state index in [1.54, 1.807) is 31.2 Å². The SMILES string of the molecule is CCOC(=O)C=Cc1cccc(-c2cnc(Nc3cc(F)cc(F)c3)nc2-n2nc(C(F)(F)F)cc2C)c1. The Morgan fingerprint density at radius 3 is 2.50 bits per heavy atom. The fourth-order valence-electron chi connectivity index (χ4n) is 3.55. The number of hydrogen-bond acceptors (Lipinski definition) is 6. The minimum absolute atomic E-state index is 0.000433. The van der Waals surface area contributed by atoms with Gasteiger partial charge in [-0.1, -0.05) is 18.2 Å². The van der Waals surface area contributed by atoms with Crippen LogP contribution in [0.2, 0.25) is 0 Å². The number of nitrogens with zero attached hydrogens (tertiary/aromatic N) is 4. The Morgan fingerprint density at radius 2 is 1.84 bits per heavy atom. The Morgan fingerprint density at radius 1 is 1.11 bits per heavy atom. The smallest absolute Gasteiger partial charge is 0.435 e. The Labute approximate surface area is 213 Å². The summed E-state index contributed by atoms with van der Waals surface area (Å²) in [4.78, 5) is 20.2. The van der Waals surface area contributed by atoms with Crippen molar-refractivity contribution in [2.75, 3.05) is 11.9 Å². The minimum Gasteiger partial charge on any atom is -0.463 e. The number of halogens is 5. The number of aromatic nitrogens is 4. The van der Waals surface area contributed by atoms with Crippen LogP contribution in [0.5, 0.6) is 0 Å². The van der Waals surface area contributed by atoms with Gasteiger partial charge in [0.1, 0.15) is 11.6 Å². The summed E-state index contributed by atoms with van der Waals surface area (Å²) in [6.45, 7) is 3.33. The zero-order valence-electron chi connectivity index (χ0n) is 20.1. The lowest BCUT2D eigenvalue weighted by Crippen LogP contribution is -2.10. The highest BCUT2D eigenvalue weighted by molar-refractivity contribution is 5.87. The highest BCUT2D eigenvalue weighted by Gasteiger charge is 2.35. The molecule has 2 aromatic heterocycles. The van der Waals surface area contributed by atoms with E-state index in [9.17, 15) is 26.7 Å². The highest BCUT2D eigenvalue weighted by Crippen LogP contribution is 2.32. The summed E-state index contributed by atoms with van der Waals surface area (Å²) in [6, 6.07) is 10.4. The van der Waals surface area contributed by atoms with E-state index in [1.165, 1.54) is 25.3 Å². The molecule has 0 aliphatic heterocycles. The van der Waals surface area contributed by atoms with Gasteiger partial charge in [-0.25, -0.2) is 23.2 Å². The molecular formula is C26H20F5N5O2. The summed E-state index contributed by atoms with van der Waals surface area (Å²) in [5.74, 6) is -2.35. The number of benzene rings is 2. The van der Waals surface area contributed by atoms with E-state index in [-0.39, 0.29) is 29.8 Å². The molecular weight excluding hydrogens is 509 g/mol. The molecule has 0 saturated carbocycles. The van der Waals surface area contributed by atoms with Gasteiger partial charge in [-0.2, -0.15) is 23.3 Å². The Balaban J connectivity index is 1.81. The minimum atomic E-state index is -4.69. The largest absolute Gasteiger partial charge is 0.463 e. The first kappa shape index (κ1) is 26.5. The Kier molecular flexibility index (Phi) is 7.51. The van der Waals surface area contributed by atoms with E-state index in [1.807, 2.05) is 0 Å². The number of aryl methyl sites for hydroxylation is 1. The van der Waals surface area contributed by atoms with Crippen LogP contribution in [0.4, 0.5) is 33.6 Å². The number of esters is 1. The van der Waals surface area contributed by atoms with Crippen LogP contribution in [-0.2, 0) is 15.7 Å². The van der Waals surface area contributed by atoms with E-state index >= 15 is 0 Å². The van der Waals surface area contributed by atoms with Gasteiger partial charge in [-0.05, 0) is 55.3 Å². The molecule has 0 spiro atoms. The first-order valence-electron chi connectivity index (χ1n) is 11.2. The molecule has 0 atom stereocenters. The lowest BCUT2D eigenvalue weighted by Gasteiger charge is -2.13. The van der Waals surface area contributed by atoms with Gasteiger partial charge in [-0.3, -0.25) is 0 Å². The third kappa shape index (κ3) is 6.20. The molecule has 0 radical (unpaired) electrons. The maximum atomic E-state index is 13.6. The number of rotatable bonds is 7. The predicted molar refractivity (Wildman–Crippen MR) is 130 cm³/mol. The number of ether oxygens (including phenoxy) is 1. The molecule has 0 saturated heterocycles. The molecule has 38 heavy (non-hydrogen) atoms. The van der Waals surface area contributed by atoms with Crippen molar-refractivity contribution in [2.45, 2.75) is 20.0 Å². The van der Waals surface area contributed by atoms with Crippen LogP contribution in [0.15, 0.2) is 60.8 Å². The van der Waals surface area contributed by atoms with Crippen molar-refractivity contribution >= 4 is 23.7 Å². The van der Waals surface area contributed by atoms with Crippen LogP contribution in [0.3, 0.4) is 0 Å². The van der Waals surface area contributed by atoms with Crippen LogP contribution >= 0.6 is 0 Å². The van der Waals surface area contributed by atoms with Crippen LogP contribution in [0.25, 0.3) is 23.0 Å². The van der Waals surface area contributed by atoms with Gasteiger partial charge in [0.15, 0.2) is 11.5 Å². The summed E-state index contributed by atoms with van der Waals surface area (Å²) in [5, 5.41) is 6.35. The fraction of sp³-hybridized carbons (Fsp3) is 0.154. The summed E-state index contributed by atoms with van der Waals surface area (Å²) < 4.78 is 73.3. The van der Waals surface area contributed by atoms with Crippen LogP contribution in [-0.4, -0.2) is 32.3 Å². The molecule has 12 heteroatoms. The molecule has 7 nitrogen and oxygen atoms in total. The summed E-state index contributed by atoms with van der Waals surface area (Å²) in [7, 11) is 0. The molecule has 0 fully saturated rings. The molecule has 0 bridgehead atoms. The summed E-state index contributed by atoms with van der Waals surface area (Å²) in [5.41, 5.74) is 0.448. The molecule has 4 aromatic rings. The number of alkyl halides is 3. The maximum Gasteiger partial charge on any atom is 0.435 e. The van der Waals surface area contributed by atoms with Crippen molar-refractivity contribution in [1.82, 2.24) is 19.7 Å². The predicted octanol–water partition coefficient (Wildman–Crippen LogP) is 6.25. The van der Waals surface area contributed by atoms with Crippen molar-refractivity contribution in [3.8, 4) is 16.9 Å². The zero-order chi connectivity index (χ0) is 27.4. The van der Waals surface area contributed by atoms with Gasteiger partial charge < -0.3 is 10.1 Å². The summed E-state index contributed by atoms with van der Waals surface area (Å²) in [6.07, 6.45) is -0.570. The van der Waals surface area contributed by atoms with Crippen LogP contribution in [0.1, 0.15) is 23.9 Å². The molecule has 196 valence electrons. The van der Waals surface area contributed by atoms with Crippen LogP contribution < -0.4 is 5.32 Å². The number of anilines is 2.